The quantitative estimate of drug-likeness (QED) is 0.505. The Hall–Kier alpha value is -3.98. The van der Waals surface area contributed by atoms with Gasteiger partial charge in [0.05, 0.1) is 12.7 Å². The summed E-state index contributed by atoms with van der Waals surface area (Å²) in [6.07, 6.45) is 0. The molecule has 3 heterocycles. The number of nitrogens with one attached hydrogen (secondary N) is 1. The van der Waals surface area contributed by atoms with E-state index >= 15 is 0 Å². The van der Waals surface area contributed by atoms with E-state index in [0.717, 1.165) is 18.7 Å². The number of piperazine rings is 1. The van der Waals surface area contributed by atoms with Gasteiger partial charge in [0, 0.05) is 44.4 Å². The first-order valence-electron chi connectivity index (χ1n) is 11.1. The van der Waals surface area contributed by atoms with Crippen LogP contribution >= 0.6 is 0 Å². The van der Waals surface area contributed by atoms with Crippen molar-refractivity contribution in [3.63, 3.8) is 0 Å². The third-order valence-electron chi connectivity index (χ3n) is 6.23. The first kappa shape index (κ1) is 21.8. The Labute approximate surface area is 196 Å². The van der Waals surface area contributed by atoms with Gasteiger partial charge in [-0.15, -0.1) is 0 Å². The van der Waals surface area contributed by atoms with Crippen LogP contribution in [0.15, 0.2) is 53.3 Å². The van der Waals surface area contributed by atoms with Crippen LogP contribution in [0.4, 0.5) is 0 Å². The molecule has 2 aromatic heterocycles. The summed E-state index contributed by atoms with van der Waals surface area (Å²) in [5.41, 5.74) is 2.75. The number of carbonyl (C=O) groups excluding carboxylic acids is 1. The molecule has 1 amide bonds. The molecule has 4 aromatic rings. The van der Waals surface area contributed by atoms with E-state index in [-0.39, 0.29) is 11.5 Å². The number of ether oxygens (including phenoxy) is 1. The van der Waals surface area contributed by atoms with Gasteiger partial charge < -0.3 is 19.5 Å². The van der Waals surface area contributed by atoms with E-state index in [0.29, 0.717) is 52.5 Å². The maximum Gasteiger partial charge on any atom is 0.262 e. The van der Waals surface area contributed by atoms with Gasteiger partial charge in [-0.3, -0.25) is 9.59 Å². The highest BCUT2D eigenvalue weighted by Gasteiger charge is 2.23. The molecule has 34 heavy (non-hydrogen) atoms. The first-order chi connectivity index (χ1) is 16.5. The third kappa shape index (κ3) is 3.84. The molecule has 9 nitrogen and oxygen atoms in total. The monoisotopic (exact) mass is 458 g/mol. The second-order valence-corrected chi connectivity index (χ2v) is 8.46. The molecular weight excluding hydrogens is 432 g/mol. The van der Waals surface area contributed by atoms with Gasteiger partial charge in [-0.2, -0.15) is 5.10 Å². The number of aryl methyl sites for hydroxylation is 1. The molecular formula is C25H26N6O3. The molecule has 1 aliphatic heterocycles. The van der Waals surface area contributed by atoms with E-state index in [4.69, 9.17) is 9.72 Å². The second kappa shape index (κ2) is 8.75. The number of methoxy groups -OCH3 is 1. The highest BCUT2D eigenvalue weighted by atomic mass is 16.5. The fourth-order valence-electron chi connectivity index (χ4n) is 4.29. The van der Waals surface area contributed by atoms with Gasteiger partial charge in [0.15, 0.2) is 5.65 Å². The van der Waals surface area contributed by atoms with Crippen molar-refractivity contribution in [2.24, 2.45) is 7.05 Å². The number of aromatic nitrogens is 4. The van der Waals surface area contributed by atoms with Crippen molar-refractivity contribution < 1.29 is 9.53 Å². The molecule has 5 rings (SSSR count). The number of hydrogen-bond donors (Lipinski definition) is 1. The zero-order valence-corrected chi connectivity index (χ0v) is 19.4. The van der Waals surface area contributed by atoms with E-state index in [1.807, 2.05) is 35.2 Å². The zero-order chi connectivity index (χ0) is 23.8. The van der Waals surface area contributed by atoms with E-state index in [2.05, 4.69) is 22.0 Å². The summed E-state index contributed by atoms with van der Waals surface area (Å²) >= 11 is 0. The molecule has 0 bridgehead atoms. The minimum atomic E-state index is -0.286. The lowest BCUT2D eigenvalue weighted by molar-refractivity contribution is 0.0664. The Bertz CT molecular complexity index is 1420. The predicted octanol–water partition coefficient (Wildman–Crippen LogP) is 2.39. The molecule has 1 saturated heterocycles. The molecule has 0 unspecified atom stereocenters. The summed E-state index contributed by atoms with van der Waals surface area (Å²) < 4.78 is 7.19. The van der Waals surface area contributed by atoms with E-state index < -0.39 is 0 Å². The second-order valence-electron chi connectivity index (χ2n) is 8.46. The number of benzene rings is 2. The average molecular weight is 459 g/mol. The standard InChI is InChI=1S/C25H26N6O3/c1-29-11-13-31(14-12-29)25(33)17-9-10-18(19(15-17)34-3)22-26-23-20(24(32)27-22)21(28-30(23)2)16-7-5-4-6-8-16/h4-10,15H,11-14H2,1-3H3,(H,26,27,32). The van der Waals surface area contributed by atoms with Crippen molar-refractivity contribution in [3.8, 4) is 28.4 Å². The first-order valence-corrected chi connectivity index (χ1v) is 11.1. The van der Waals surface area contributed by atoms with Crippen LogP contribution in [-0.2, 0) is 7.05 Å². The topological polar surface area (TPSA) is 96.3 Å². The summed E-state index contributed by atoms with van der Waals surface area (Å²) in [6.45, 7) is 3.08. The molecule has 0 saturated carbocycles. The van der Waals surface area contributed by atoms with Crippen LogP contribution < -0.4 is 10.3 Å². The largest absolute Gasteiger partial charge is 0.496 e. The summed E-state index contributed by atoms with van der Waals surface area (Å²) in [7, 11) is 5.35. The van der Waals surface area contributed by atoms with Crippen molar-refractivity contribution in [3.05, 3.63) is 64.4 Å². The van der Waals surface area contributed by atoms with Crippen LogP contribution in [0.1, 0.15) is 10.4 Å². The Balaban J connectivity index is 1.54. The number of carbonyl (C=O) groups is 1. The molecule has 1 aliphatic rings. The Morgan fingerprint density at radius 1 is 1.03 bits per heavy atom. The lowest BCUT2D eigenvalue weighted by atomic mass is 10.1. The van der Waals surface area contributed by atoms with E-state index in [1.54, 1.807) is 29.9 Å². The van der Waals surface area contributed by atoms with Crippen molar-refractivity contribution in [1.82, 2.24) is 29.5 Å². The van der Waals surface area contributed by atoms with Crippen LogP contribution in [-0.4, -0.2) is 75.8 Å². The Morgan fingerprint density at radius 2 is 1.76 bits per heavy atom. The molecule has 1 N–H and O–H groups in total. The fraction of sp³-hybridized carbons (Fsp3) is 0.280. The van der Waals surface area contributed by atoms with Gasteiger partial charge in [-0.1, -0.05) is 30.3 Å². The number of H-pyrrole nitrogens is 1. The number of likely N-dealkylation sites (N-methyl/N-ethyl adjacent to an activating group) is 1. The van der Waals surface area contributed by atoms with Gasteiger partial charge >= 0.3 is 0 Å². The summed E-state index contributed by atoms with van der Waals surface area (Å²) in [6, 6.07) is 14.8. The average Bonchev–Trinajstić information content (AvgIpc) is 3.21. The third-order valence-corrected chi connectivity index (χ3v) is 6.23. The summed E-state index contributed by atoms with van der Waals surface area (Å²) in [4.78, 5) is 37.8. The molecule has 1 fully saturated rings. The van der Waals surface area contributed by atoms with Crippen LogP contribution in [0.3, 0.4) is 0 Å². The molecule has 0 radical (unpaired) electrons. The van der Waals surface area contributed by atoms with E-state index in [9.17, 15) is 9.59 Å². The SMILES string of the molecule is COc1cc(C(=O)N2CCN(C)CC2)ccc1-c1nc2c(c(-c3ccccc3)nn2C)c(=O)[nH]1. The smallest absolute Gasteiger partial charge is 0.262 e. The molecule has 0 spiro atoms. The minimum absolute atomic E-state index is 0.0333. The maximum atomic E-state index is 13.1. The van der Waals surface area contributed by atoms with Crippen molar-refractivity contribution in [1.29, 1.82) is 0 Å². The minimum Gasteiger partial charge on any atom is -0.496 e. The molecule has 2 aromatic carbocycles. The lowest BCUT2D eigenvalue weighted by Crippen LogP contribution is -2.47. The van der Waals surface area contributed by atoms with Crippen LogP contribution in [0.2, 0.25) is 0 Å². The number of aromatic amines is 1. The van der Waals surface area contributed by atoms with Gasteiger partial charge in [-0.25, -0.2) is 9.67 Å². The normalized spacial score (nSPS) is 14.5. The summed E-state index contributed by atoms with van der Waals surface area (Å²) in [5, 5.41) is 4.97. The predicted molar refractivity (Wildman–Crippen MR) is 130 cm³/mol. The number of nitrogens with zero attached hydrogens (tertiary/aromatic N) is 5. The number of rotatable bonds is 4. The molecule has 9 heteroatoms. The van der Waals surface area contributed by atoms with Gasteiger partial charge in [-0.05, 0) is 25.2 Å². The van der Waals surface area contributed by atoms with Gasteiger partial charge in [0.1, 0.15) is 22.7 Å². The van der Waals surface area contributed by atoms with Crippen LogP contribution in [0, 0.1) is 0 Å². The molecule has 174 valence electrons. The van der Waals surface area contributed by atoms with Gasteiger partial charge in [0.2, 0.25) is 0 Å². The van der Waals surface area contributed by atoms with Crippen LogP contribution in [0.25, 0.3) is 33.7 Å². The number of amides is 1. The van der Waals surface area contributed by atoms with Crippen molar-refractivity contribution in [2.45, 2.75) is 0 Å². The number of hydrogen-bond acceptors (Lipinski definition) is 6. The van der Waals surface area contributed by atoms with Crippen molar-refractivity contribution >= 4 is 16.9 Å². The van der Waals surface area contributed by atoms with Gasteiger partial charge in [0.25, 0.3) is 11.5 Å². The zero-order valence-electron chi connectivity index (χ0n) is 19.4. The maximum absolute atomic E-state index is 13.1. The Kier molecular flexibility index (Phi) is 5.62. The lowest BCUT2D eigenvalue weighted by Gasteiger charge is -2.32. The number of fused-ring (bicyclic) bond motifs is 1. The summed E-state index contributed by atoms with van der Waals surface area (Å²) in [5.74, 6) is 0.789. The highest BCUT2D eigenvalue weighted by Crippen LogP contribution is 2.31. The fourth-order valence-corrected chi connectivity index (χ4v) is 4.29. The van der Waals surface area contributed by atoms with Crippen LogP contribution in [0.5, 0.6) is 5.75 Å². The van der Waals surface area contributed by atoms with Crippen molar-refractivity contribution in [2.75, 3.05) is 40.3 Å². The highest BCUT2D eigenvalue weighted by molar-refractivity contribution is 5.96. The van der Waals surface area contributed by atoms with E-state index in [1.165, 1.54) is 7.11 Å². The Morgan fingerprint density at radius 3 is 2.47 bits per heavy atom. The molecule has 0 atom stereocenters. The molecule has 0 aliphatic carbocycles.